The van der Waals surface area contributed by atoms with E-state index in [1.165, 1.54) is 0 Å². The van der Waals surface area contributed by atoms with Gasteiger partial charge in [0.2, 0.25) is 0 Å². The minimum atomic E-state index is -0.741. The van der Waals surface area contributed by atoms with Gasteiger partial charge in [0.15, 0.2) is 5.78 Å². The lowest BCUT2D eigenvalue weighted by Gasteiger charge is -2.27. The third-order valence-electron chi connectivity index (χ3n) is 3.70. The summed E-state index contributed by atoms with van der Waals surface area (Å²) >= 11 is 0. The number of ether oxygens (including phenoxy) is 1. The Morgan fingerprint density at radius 2 is 1.90 bits per heavy atom. The monoisotopic (exact) mass is 264 g/mol. The highest BCUT2D eigenvalue weighted by Crippen LogP contribution is 2.45. The minimum absolute atomic E-state index is 0.0540. The Morgan fingerprint density at radius 1 is 1.10 bits per heavy atom. The lowest BCUT2D eigenvalue weighted by atomic mass is 9.74. The maximum Gasteiger partial charge on any atom is 0.178 e. The van der Waals surface area contributed by atoms with Crippen LogP contribution in [0.2, 0.25) is 0 Å². The number of hydrogen-bond donors (Lipinski definition) is 0. The van der Waals surface area contributed by atoms with E-state index < -0.39 is 5.41 Å². The van der Waals surface area contributed by atoms with Gasteiger partial charge in [-0.15, -0.1) is 0 Å². The van der Waals surface area contributed by atoms with Crippen molar-refractivity contribution in [3.05, 3.63) is 83.7 Å². The lowest BCUT2D eigenvalue weighted by Crippen LogP contribution is -2.31. The van der Waals surface area contributed by atoms with Crippen LogP contribution in [0, 0.1) is 0 Å². The zero-order valence-electron chi connectivity index (χ0n) is 11.4. The van der Waals surface area contributed by atoms with E-state index in [-0.39, 0.29) is 5.78 Å². The second-order valence-corrected chi connectivity index (χ2v) is 4.80. The van der Waals surface area contributed by atoms with Gasteiger partial charge in [-0.2, -0.15) is 0 Å². The van der Waals surface area contributed by atoms with Crippen molar-refractivity contribution in [2.24, 2.45) is 0 Å². The van der Waals surface area contributed by atoms with Crippen molar-refractivity contribution in [3.8, 4) is 0 Å². The zero-order chi connectivity index (χ0) is 14.0. The van der Waals surface area contributed by atoms with Crippen molar-refractivity contribution in [2.45, 2.75) is 12.3 Å². The summed E-state index contributed by atoms with van der Waals surface area (Å²) in [5, 5.41) is 0. The highest BCUT2D eigenvalue weighted by Gasteiger charge is 2.47. The van der Waals surface area contributed by atoms with Gasteiger partial charge in [-0.05, 0) is 12.5 Å². The predicted octanol–water partition coefficient (Wildman–Crippen LogP) is 3.48. The minimum Gasteiger partial charge on any atom is -0.493 e. The molecule has 3 rings (SSSR count). The van der Waals surface area contributed by atoms with Crippen molar-refractivity contribution in [3.63, 3.8) is 0 Å². The Hall–Kier alpha value is -2.35. The molecule has 2 aliphatic rings. The molecule has 0 bridgehead atoms. The second kappa shape index (κ2) is 4.97. The van der Waals surface area contributed by atoms with Crippen LogP contribution < -0.4 is 0 Å². The molecular formula is C18H16O2. The SMILES string of the molecule is CCOC1=CC(=O)C2(c3ccccc3)C=CC=CC=C12. The van der Waals surface area contributed by atoms with Crippen molar-refractivity contribution < 1.29 is 9.53 Å². The predicted molar refractivity (Wildman–Crippen MR) is 79.2 cm³/mol. The summed E-state index contributed by atoms with van der Waals surface area (Å²) in [7, 11) is 0. The third-order valence-corrected chi connectivity index (χ3v) is 3.70. The molecule has 0 radical (unpaired) electrons. The van der Waals surface area contributed by atoms with Crippen molar-refractivity contribution in [2.75, 3.05) is 6.61 Å². The van der Waals surface area contributed by atoms with Gasteiger partial charge in [0.1, 0.15) is 11.2 Å². The number of rotatable bonds is 3. The summed E-state index contributed by atoms with van der Waals surface area (Å²) in [6, 6.07) is 9.85. The number of hydrogen-bond acceptors (Lipinski definition) is 2. The quantitative estimate of drug-likeness (QED) is 0.835. The van der Waals surface area contributed by atoms with Crippen LogP contribution >= 0.6 is 0 Å². The molecule has 1 aromatic rings. The number of carbonyl (C=O) groups is 1. The highest BCUT2D eigenvalue weighted by molar-refractivity contribution is 6.09. The molecule has 100 valence electrons. The van der Waals surface area contributed by atoms with Crippen LogP contribution in [0.3, 0.4) is 0 Å². The van der Waals surface area contributed by atoms with Gasteiger partial charge in [0.25, 0.3) is 0 Å². The molecule has 2 heteroatoms. The molecule has 0 aromatic heterocycles. The van der Waals surface area contributed by atoms with Gasteiger partial charge in [-0.1, -0.05) is 60.7 Å². The molecule has 20 heavy (non-hydrogen) atoms. The Labute approximate surface area is 118 Å². The van der Waals surface area contributed by atoms with E-state index in [0.29, 0.717) is 12.4 Å². The second-order valence-electron chi connectivity index (χ2n) is 4.80. The molecule has 0 amide bonds. The summed E-state index contributed by atoms with van der Waals surface area (Å²) in [5.74, 6) is 0.732. The van der Waals surface area contributed by atoms with Crippen molar-refractivity contribution in [1.82, 2.24) is 0 Å². The smallest absolute Gasteiger partial charge is 0.178 e. The first-order valence-electron chi connectivity index (χ1n) is 6.80. The topological polar surface area (TPSA) is 26.3 Å². The van der Waals surface area contributed by atoms with Gasteiger partial charge >= 0.3 is 0 Å². The average Bonchev–Trinajstić information content (AvgIpc) is 2.65. The van der Waals surface area contributed by atoms with Crippen LogP contribution in [-0.2, 0) is 14.9 Å². The van der Waals surface area contributed by atoms with Crippen LogP contribution in [0.15, 0.2) is 78.1 Å². The largest absolute Gasteiger partial charge is 0.493 e. The molecule has 2 aliphatic carbocycles. The number of fused-ring (bicyclic) bond motifs is 1. The first-order valence-corrected chi connectivity index (χ1v) is 6.80. The standard InChI is InChI=1S/C18H16O2/c1-2-20-16-13-17(19)18(14-9-5-3-6-10-14)12-8-4-7-11-15(16)18/h3-13H,2H2,1H3. The van der Waals surface area contributed by atoms with Crippen molar-refractivity contribution in [1.29, 1.82) is 0 Å². The van der Waals surface area contributed by atoms with Gasteiger partial charge in [-0.3, -0.25) is 4.79 Å². The van der Waals surface area contributed by atoms with Crippen LogP contribution in [0.25, 0.3) is 0 Å². The molecule has 0 heterocycles. The van der Waals surface area contributed by atoms with Gasteiger partial charge in [0.05, 0.1) is 6.61 Å². The molecule has 0 aliphatic heterocycles. The molecule has 0 saturated heterocycles. The first kappa shape index (κ1) is 12.7. The maximum absolute atomic E-state index is 12.7. The number of carbonyl (C=O) groups excluding carboxylic acids is 1. The van der Waals surface area contributed by atoms with E-state index >= 15 is 0 Å². The van der Waals surface area contributed by atoms with E-state index in [1.807, 2.05) is 67.6 Å². The first-order chi connectivity index (χ1) is 9.79. The van der Waals surface area contributed by atoms with E-state index in [0.717, 1.165) is 11.1 Å². The van der Waals surface area contributed by atoms with E-state index in [4.69, 9.17) is 4.74 Å². The highest BCUT2D eigenvalue weighted by atomic mass is 16.5. The molecule has 1 atom stereocenters. The summed E-state index contributed by atoms with van der Waals surface area (Å²) in [6.07, 6.45) is 11.4. The molecule has 2 nitrogen and oxygen atoms in total. The summed E-state index contributed by atoms with van der Waals surface area (Å²) in [5.41, 5.74) is 1.15. The van der Waals surface area contributed by atoms with Crippen LogP contribution in [0.5, 0.6) is 0 Å². The fourth-order valence-corrected chi connectivity index (χ4v) is 2.81. The molecule has 1 unspecified atom stereocenters. The summed E-state index contributed by atoms with van der Waals surface area (Å²) < 4.78 is 5.65. The van der Waals surface area contributed by atoms with Gasteiger partial charge in [-0.25, -0.2) is 0 Å². The number of benzene rings is 1. The molecule has 0 N–H and O–H groups in total. The van der Waals surface area contributed by atoms with E-state index in [2.05, 4.69) is 0 Å². The van der Waals surface area contributed by atoms with E-state index in [1.54, 1.807) is 6.08 Å². The maximum atomic E-state index is 12.7. The summed E-state index contributed by atoms with van der Waals surface area (Å²) in [4.78, 5) is 12.7. The Balaban J connectivity index is 2.20. The normalized spacial score (nSPS) is 23.9. The Bertz CT molecular complexity index is 647. The Morgan fingerprint density at radius 3 is 2.65 bits per heavy atom. The fourth-order valence-electron chi connectivity index (χ4n) is 2.81. The fraction of sp³-hybridized carbons (Fsp3) is 0.167. The summed E-state index contributed by atoms with van der Waals surface area (Å²) in [6.45, 7) is 2.48. The van der Waals surface area contributed by atoms with Crippen LogP contribution in [0.1, 0.15) is 12.5 Å². The number of ketones is 1. The molecule has 0 fully saturated rings. The van der Waals surface area contributed by atoms with E-state index in [9.17, 15) is 4.79 Å². The van der Waals surface area contributed by atoms with Gasteiger partial charge < -0.3 is 4.74 Å². The molecule has 0 spiro atoms. The van der Waals surface area contributed by atoms with Gasteiger partial charge in [0, 0.05) is 11.6 Å². The van der Waals surface area contributed by atoms with Crippen LogP contribution in [-0.4, -0.2) is 12.4 Å². The average molecular weight is 264 g/mol. The molecule has 0 saturated carbocycles. The molecule has 1 aromatic carbocycles. The molecular weight excluding hydrogens is 248 g/mol. The zero-order valence-corrected chi connectivity index (χ0v) is 11.4. The lowest BCUT2D eigenvalue weighted by molar-refractivity contribution is -0.116. The van der Waals surface area contributed by atoms with Crippen LogP contribution in [0.4, 0.5) is 0 Å². The number of allylic oxidation sites excluding steroid dienone is 7. The third kappa shape index (κ3) is 1.76. The van der Waals surface area contributed by atoms with Crippen molar-refractivity contribution >= 4 is 5.78 Å². The Kier molecular flexibility index (Phi) is 3.15.